The molecule has 0 aliphatic carbocycles. The normalized spacial score (nSPS) is 11.1. The summed E-state index contributed by atoms with van der Waals surface area (Å²) in [4.78, 5) is 17.2. The maximum atomic E-state index is 5.91. The van der Waals surface area contributed by atoms with Crippen LogP contribution < -0.4 is 5.73 Å². The molecule has 3 aromatic rings. The van der Waals surface area contributed by atoms with Gasteiger partial charge in [0.2, 0.25) is 0 Å². The Balaban J connectivity index is 1.83. The van der Waals surface area contributed by atoms with Crippen molar-refractivity contribution in [3.63, 3.8) is 0 Å². The number of hydrogen-bond acceptors (Lipinski definition) is 7. The van der Waals surface area contributed by atoms with Crippen molar-refractivity contribution in [3.8, 4) is 0 Å². The van der Waals surface area contributed by atoms with Gasteiger partial charge in [-0.1, -0.05) is 11.8 Å². The van der Waals surface area contributed by atoms with E-state index in [0.717, 1.165) is 16.6 Å². The van der Waals surface area contributed by atoms with E-state index in [-0.39, 0.29) is 0 Å². The average Bonchev–Trinajstić information content (AvgIpc) is 2.81. The second-order valence-corrected chi connectivity index (χ2v) is 5.30. The van der Waals surface area contributed by atoms with Crippen LogP contribution in [0.2, 0.25) is 0 Å². The molecular weight excluding hydrogens is 274 g/mol. The molecule has 20 heavy (non-hydrogen) atoms. The van der Waals surface area contributed by atoms with Gasteiger partial charge in [-0.05, 0) is 12.5 Å². The van der Waals surface area contributed by atoms with Gasteiger partial charge in [-0.2, -0.15) is 5.10 Å². The fraction of sp³-hybridized carbons (Fsp3) is 0.250. The van der Waals surface area contributed by atoms with Gasteiger partial charge in [-0.25, -0.2) is 19.9 Å². The van der Waals surface area contributed by atoms with Gasteiger partial charge in [-0.15, -0.1) is 0 Å². The Labute approximate surface area is 119 Å². The first-order valence-corrected chi connectivity index (χ1v) is 6.97. The SMILES string of the molecule is Cc1cnc(SCc2nc(N)c3cnn(C)c3n2)nc1. The van der Waals surface area contributed by atoms with E-state index in [1.807, 2.05) is 14.0 Å². The maximum Gasteiger partial charge on any atom is 0.187 e. The predicted octanol–water partition coefficient (Wildman–Crippen LogP) is 1.34. The lowest BCUT2D eigenvalue weighted by Crippen LogP contribution is -2.02. The topological polar surface area (TPSA) is 95.4 Å². The first-order chi connectivity index (χ1) is 9.63. The summed E-state index contributed by atoms with van der Waals surface area (Å²) in [6.07, 6.45) is 5.24. The molecule has 8 heteroatoms. The molecule has 0 saturated heterocycles. The highest BCUT2D eigenvalue weighted by Gasteiger charge is 2.10. The van der Waals surface area contributed by atoms with Crippen molar-refractivity contribution in [1.29, 1.82) is 0 Å². The summed E-state index contributed by atoms with van der Waals surface area (Å²) in [7, 11) is 1.83. The zero-order chi connectivity index (χ0) is 14.1. The Bertz CT molecular complexity index is 750. The Morgan fingerprint density at radius 3 is 2.70 bits per heavy atom. The number of nitrogens with zero attached hydrogens (tertiary/aromatic N) is 6. The molecule has 0 aliphatic rings. The number of anilines is 1. The molecule has 0 aromatic carbocycles. The van der Waals surface area contributed by atoms with Gasteiger partial charge in [0, 0.05) is 19.4 Å². The molecule has 3 aromatic heterocycles. The van der Waals surface area contributed by atoms with E-state index >= 15 is 0 Å². The van der Waals surface area contributed by atoms with E-state index in [0.29, 0.717) is 22.6 Å². The van der Waals surface area contributed by atoms with Gasteiger partial charge < -0.3 is 5.73 Å². The van der Waals surface area contributed by atoms with Crippen LogP contribution in [-0.4, -0.2) is 29.7 Å². The lowest BCUT2D eigenvalue weighted by molar-refractivity contribution is 0.782. The molecule has 0 atom stereocenters. The van der Waals surface area contributed by atoms with Crippen LogP contribution in [0, 0.1) is 6.92 Å². The number of fused-ring (bicyclic) bond motifs is 1. The first kappa shape index (κ1) is 12.8. The van der Waals surface area contributed by atoms with Crippen LogP contribution in [0.3, 0.4) is 0 Å². The molecule has 0 amide bonds. The third kappa shape index (κ3) is 2.42. The minimum Gasteiger partial charge on any atom is -0.383 e. The highest BCUT2D eigenvalue weighted by molar-refractivity contribution is 7.98. The van der Waals surface area contributed by atoms with E-state index < -0.39 is 0 Å². The smallest absolute Gasteiger partial charge is 0.187 e. The summed E-state index contributed by atoms with van der Waals surface area (Å²) < 4.78 is 1.68. The summed E-state index contributed by atoms with van der Waals surface area (Å²) >= 11 is 1.48. The predicted molar refractivity (Wildman–Crippen MR) is 77.0 cm³/mol. The van der Waals surface area contributed by atoms with Crippen LogP contribution in [0.15, 0.2) is 23.7 Å². The zero-order valence-corrected chi connectivity index (χ0v) is 11.9. The van der Waals surface area contributed by atoms with Gasteiger partial charge >= 0.3 is 0 Å². The number of aryl methyl sites for hydroxylation is 2. The Hall–Kier alpha value is -2.22. The van der Waals surface area contributed by atoms with Crippen LogP contribution in [0.4, 0.5) is 5.82 Å². The number of rotatable bonds is 3. The van der Waals surface area contributed by atoms with E-state index in [1.165, 1.54) is 11.8 Å². The summed E-state index contributed by atoms with van der Waals surface area (Å²) in [5.41, 5.74) is 7.68. The van der Waals surface area contributed by atoms with Crippen molar-refractivity contribution in [2.24, 2.45) is 7.05 Å². The standard InChI is InChI=1S/C12H13N7S/c1-7-3-14-12(15-4-7)20-6-9-17-10(13)8-5-16-19(2)11(8)18-9/h3-5H,6H2,1-2H3,(H2,13,17,18). The number of thioether (sulfide) groups is 1. The highest BCUT2D eigenvalue weighted by atomic mass is 32.2. The van der Waals surface area contributed by atoms with Gasteiger partial charge in [0.15, 0.2) is 10.8 Å². The molecule has 0 saturated carbocycles. The van der Waals surface area contributed by atoms with Gasteiger partial charge in [0.25, 0.3) is 0 Å². The summed E-state index contributed by atoms with van der Waals surface area (Å²) in [6.45, 7) is 1.95. The minimum absolute atomic E-state index is 0.448. The fourth-order valence-corrected chi connectivity index (χ4v) is 2.38. The molecule has 0 aliphatic heterocycles. The molecule has 0 unspecified atom stereocenters. The van der Waals surface area contributed by atoms with E-state index in [9.17, 15) is 0 Å². The molecule has 2 N–H and O–H groups in total. The molecule has 7 nitrogen and oxygen atoms in total. The van der Waals surface area contributed by atoms with E-state index in [4.69, 9.17) is 5.73 Å². The van der Waals surface area contributed by atoms with Crippen molar-refractivity contribution >= 4 is 28.6 Å². The van der Waals surface area contributed by atoms with Crippen molar-refractivity contribution in [2.75, 3.05) is 5.73 Å². The molecule has 0 bridgehead atoms. The molecule has 102 valence electrons. The van der Waals surface area contributed by atoms with Crippen molar-refractivity contribution < 1.29 is 0 Å². The lowest BCUT2D eigenvalue weighted by atomic mass is 10.4. The van der Waals surface area contributed by atoms with Crippen molar-refractivity contribution in [2.45, 2.75) is 17.8 Å². The molecule has 0 fully saturated rings. The Morgan fingerprint density at radius 1 is 1.20 bits per heavy atom. The number of nitrogen functional groups attached to an aromatic ring is 1. The maximum absolute atomic E-state index is 5.91. The lowest BCUT2D eigenvalue weighted by Gasteiger charge is -2.03. The van der Waals surface area contributed by atoms with E-state index in [2.05, 4.69) is 25.0 Å². The Kier molecular flexibility index (Phi) is 3.23. The minimum atomic E-state index is 0.448. The zero-order valence-electron chi connectivity index (χ0n) is 11.1. The monoisotopic (exact) mass is 287 g/mol. The quantitative estimate of drug-likeness (QED) is 0.573. The van der Waals surface area contributed by atoms with Gasteiger partial charge in [0.1, 0.15) is 11.6 Å². The van der Waals surface area contributed by atoms with Gasteiger partial charge in [-0.3, -0.25) is 4.68 Å². The van der Waals surface area contributed by atoms with Crippen LogP contribution in [0.5, 0.6) is 0 Å². The second kappa shape index (κ2) is 5.04. The largest absolute Gasteiger partial charge is 0.383 e. The van der Waals surface area contributed by atoms with Crippen LogP contribution >= 0.6 is 11.8 Å². The number of nitrogens with two attached hydrogens (primary N) is 1. The third-order valence-corrected chi connectivity index (χ3v) is 3.63. The molecular formula is C12H13N7S. The molecule has 3 heterocycles. The van der Waals surface area contributed by atoms with Gasteiger partial charge in [0.05, 0.1) is 17.3 Å². The molecule has 3 rings (SSSR count). The summed E-state index contributed by atoms with van der Waals surface area (Å²) in [6, 6.07) is 0. The van der Waals surface area contributed by atoms with Crippen molar-refractivity contribution in [1.82, 2.24) is 29.7 Å². The number of hydrogen-bond donors (Lipinski definition) is 1. The molecule has 0 radical (unpaired) electrons. The fourth-order valence-electron chi connectivity index (χ4n) is 1.74. The van der Waals surface area contributed by atoms with Crippen LogP contribution in [0.25, 0.3) is 11.0 Å². The average molecular weight is 287 g/mol. The van der Waals surface area contributed by atoms with Crippen LogP contribution in [-0.2, 0) is 12.8 Å². The molecule has 0 spiro atoms. The van der Waals surface area contributed by atoms with Crippen LogP contribution in [0.1, 0.15) is 11.4 Å². The third-order valence-electron chi connectivity index (χ3n) is 2.76. The van der Waals surface area contributed by atoms with E-state index in [1.54, 1.807) is 23.3 Å². The summed E-state index contributed by atoms with van der Waals surface area (Å²) in [5, 5.41) is 5.60. The first-order valence-electron chi connectivity index (χ1n) is 5.99. The Morgan fingerprint density at radius 2 is 1.95 bits per heavy atom. The number of aromatic nitrogens is 6. The highest BCUT2D eigenvalue weighted by Crippen LogP contribution is 2.21. The second-order valence-electron chi connectivity index (χ2n) is 4.36. The summed E-state index contributed by atoms with van der Waals surface area (Å²) in [5.74, 6) is 1.66. The van der Waals surface area contributed by atoms with Crippen molar-refractivity contribution in [3.05, 3.63) is 30.0 Å².